The number of rotatable bonds is 8. The Labute approximate surface area is 178 Å². The largest absolute Gasteiger partial charge is 0.467 e. The first-order valence-electron chi connectivity index (χ1n) is 10.7. The van der Waals surface area contributed by atoms with Gasteiger partial charge in [-0.15, -0.1) is 0 Å². The maximum atomic E-state index is 12.6. The fourth-order valence-corrected chi connectivity index (χ4v) is 4.03. The van der Waals surface area contributed by atoms with Crippen molar-refractivity contribution in [1.29, 1.82) is 0 Å². The van der Waals surface area contributed by atoms with Crippen LogP contribution in [0.1, 0.15) is 35.8 Å². The van der Waals surface area contributed by atoms with Crippen LogP contribution >= 0.6 is 0 Å². The number of furan rings is 1. The second-order valence-corrected chi connectivity index (χ2v) is 7.84. The third-order valence-electron chi connectivity index (χ3n) is 5.63. The molecule has 0 saturated carbocycles. The van der Waals surface area contributed by atoms with Crippen molar-refractivity contribution < 1.29 is 9.21 Å². The molecule has 30 heavy (non-hydrogen) atoms. The number of nitrogens with zero attached hydrogens (tertiary/aromatic N) is 1. The first-order valence-corrected chi connectivity index (χ1v) is 10.7. The average Bonchev–Trinajstić information content (AvgIpc) is 3.31. The van der Waals surface area contributed by atoms with Gasteiger partial charge in [-0.25, -0.2) is 0 Å². The van der Waals surface area contributed by atoms with Crippen LogP contribution in [0.4, 0.5) is 0 Å². The molecule has 3 aromatic rings. The summed E-state index contributed by atoms with van der Waals surface area (Å²) in [7, 11) is 0. The van der Waals surface area contributed by atoms with E-state index in [0.717, 1.165) is 43.8 Å². The summed E-state index contributed by atoms with van der Waals surface area (Å²) in [6, 6.07) is 24.5. The topological polar surface area (TPSA) is 57.5 Å². The number of carbonyl (C=O) groups is 1. The maximum absolute atomic E-state index is 12.6. The Balaban J connectivity index is 1.24. The molecule has 5 heteroatoms. The van der Waals surface area contributed by atoms with Gasteiger partial charge in [-0.05, 0) is 36.1 Å². The minimum Gasteiger partial charge on any atom is -0.467 e. The summed E-state index contributed by atoms with van der Waals surface area (Å²) >= 11 is 0. The van der Waals surface area contributed by atoms with E-state index in [0.29, 0.717) is 0 Å². The van der Waals surface area contributed by atoms with Crippen LogP contribution in [0, 0.1) is 0 Å². The molecule has 2 heterocycles. The molecule has 1 amide bonds. The molecule has 4 rings (SSSR count). The van der Waals surface area contributed by atoms with Gasteiger partial charge in [0, 0.05) is 25.7 Å². The lowest BCUT2D eigenvalue weighted by atomic mass is 10.0. The van der Waals surface area contributed by atoms with Crippen LogP contribution < -0.4 is 10.6 Å². The van der Waals surface area contributed by atoms with E-state index < -0.39 is 0 Å². The van der Waals surface area contributed by atoms with Crippen LogP contribution in [-0.2, 0) is 11.3 Å². The standard InChI is InChI=1S/C25H29N3O2/c29-24(18-26-25(23-12-7-17-30-23)21-10-5-2-6-11-21)27-22-13-15-28(16-14-22)19-20-8-3-1-4-9-20/h1-12,17,22,25-26H,13-16,18-19H2,(H,27,29)/t25-/m1/s1. The summed E-state index contributed by atoms with van der Waals surface area (Å²) in [5.41, 5.74) is 2.42. The zero-order chi connectivity index (χ0) is 20.6. The normalized spacial score (nSPS) is 16.3. The highest BCUT2D eigenvalue weighted by molar-refractivity contribution is 5.78. The Morgan fingerprint density at radius 2 is 1.67 bits per heavy atom. The Bertz CT molecular complexity index is 889. The smallest absolute Gasteiger partial charge is 0.234 e. The summed E-state index contributed by atoms with van der Waals surface area (Å²) in [5.74, 6) is 0.840. The Morgan fingerprint density at radius 3 is 2.33 bits per heavy atom. The number of carbonyl (C=O) groups excluding carboxylic acids is 1. The third-order valence-corrected chi connectivity index (χ3v) is 5.63. The molecule has 0 aliphatic carbocycles. The van der Waals surface area contributed by atoms with E-state index in [1.807, 2.05) is 48.5 Å². The molecule has 1 fully saturated rings. The zero-order valence-corrected chi connectivity index (χ0v) is 17.2. The van der Waals surface area contributed by atoms with Crippen LogP contribution in [0.2, 0.25) is 0 Å². The molecule has 1 saturated heterocycles. The van der Waals surface area contributed by atoms with Gasteiger partial charge in [-0.1, -0.05) is 60.7 Å². The van der Waals surface area contributed by atoms with Gasteiger partial charge in [0.25, 0.3) is 0 Å². The van der Waals surface area contributed by atoms with E-state index in [4.69, 9.17) is 4.42 Å². The summed E-state index contributed by atoms with van der Waals surface area (Å²) < 4.78 is 5.59. The van der Waals surface area contributed by atoms with Crippen molar-refractivity contribution in [1.82, 2.24) is 15.5 Å². The molecule has 0 unspecified atom stereocenters. The number of amides is 1. The molecule has 1 aliphatic rings. The summed E-state index contributed by atoms with van der Waals surface area (Å²) in [6.07, 6.45) is 3.63. The van der Waals surface area contributed by atoms with Crippen LogP contribution in [0.25, 0.3) is 0 Å². The van der Waals surface area contributed by atoms with Crippen LogP contribution in [0.15, 0.2) is 83.5 Å². The second-order valence-electron chi connectivity index (χ2n) is 7.84. The monoisotopic (exact) mass is 403 g/mol. The summed E-state index contributed by atoms with van der Waals surface area (Å²) in [6.45, 7) is 3.24. The minimum absolute atomic E-state index is 0.0315. The molecule has 5 nitrogen and oxygen atoms in total. The Kier molecular flexibility index (Phi) is 6.95. The van der Waals surface area contributed by atoms with E-state index in [2.05, 4.69) is 39.8 Å². The molecule has 0 bridgehead atoms. The summed E-state index contributed by atoms with van der Waals surface area (Å²) in [4.78, 5) is 15.0. The molecular weight excluding hydrogens is 374 g/mol. The number of piperidine rings is 1. The SMILES string of the molecule is O=C(CN[C@H](c1ccccc1)c1ccco1)NC1CCN(Cc2ccccc2)CC1. The lowest BCUT2D eigenvalue weighted by Gasteiger charge is -2.32. The lowest BCUT2D eigenvalue weighted by Crippen LogP contribution is -2.47. The van der Waals surface area contributed by atoms with E-state index >= 15 is 0 Å². The molecule has 1 aromatic heterocycles. The summed E-state index contributed by atoms with van der Waals surface area (Å²) in [5, 5.41) is 6.55. The number of hydrogen-bond donors (Lipinski definition) is 2. The van der Waals surface area contributed by atoms with E-state index in [-0.39, 0.29) is 24.5 Å². The molecule has 2 N–H and O–H groups in total. The molecule has 0 spiro atoms. The van der Waals surface area contributed by atoms with Crippen LogP contribution in [0.5, 0.6) is 0 Å². The fraction of sp³-hybridized carbons (Fsp3) is 0.320. The number of hydrogen-bond acceptors (Lipinski definition) is 4. The van der Waals surface area contributed by atoms with Crippen molar-refractivity contribution >= 4 is 5.91 Å². The Hall–Kier alpha value is -2.89. The Morgan fingerprint density at radius 1 is 0.967 bits per heavy atom. The third kappa shape index (κ3) is 5.59. The molecule has 1 aliphatic heterocycles. The van der Waals surface area contributed by atoms with Crippen LogP contribution in [0.3, 0.4) is 0 Å². The number of likely N-dealkylation sites (tertiary alicyclic amines) is 1. The highest BCUT2D eigenvalue weighted by Gasteiger charge is 2.22. The highest BCUT2D eigenvalue weighted by Crippen LogP contribution is 2.22. The van der Waals surface area contributed by atoms with E-state index in [9.17, 15) is 4.79 Å². The van der Waals surface area contributed by atoms with Gasteiger partial charge in [0.15, 0.2) is 0 Å². The van der Waals surface area contributed by atoms with Crippen LogP contribution in [-0.4, -0.2) is 36.5 Å². The second kappa shape index (κ2) is 10.2. The van der Waals surface area contributed by atoms with Gasteiger partial charge in [0.05, 0.1) is 18.8 Å². The number of nitrogens with one attached hydrogen (secondary N) is 2. The van der Waals surface area contributed by atoms with Crippen molar-refractivity contribution in [3.05, 3.63) is 95.9 Å². The van der Waals surface area contributed by atoms with Gasteiger partial charge < -0.3 is 9.73 Å². The van der Waals surface area contributed by atoms with Crippen molar-refractivity contribution in [3.8, 4) is 0 Å². The van der Waals surface area contributed by atoms with Crippen molar-refractivity contribution in [2.45, 2.75) is 31.5 Å². The average molecular weight is 404 g/mol. The van der Waals surface area contributed by atoms with E-state index in [1.165, 1.54) is 5.56 Å². The van der Waals surface area contributed by atoms with Gasteiger partial charge in [-0.2, -0.15) is 0 Å². The zero-order valence-electron chi connectivity index (χ0n) is 17.2. The first-order chi connectivity index (χ1) is 14.8. The first kappa shape index (κ1) is 20.4. The highest BCUT2D eigenvalue weighted by atomic mass is 16.3. The van der Waals surface area contributed by atoms with Crippen molar-refractivity contribution in [2.75, 3.05) is 19.6 Å². The van der Waals surface area contributed by atoms with Gasteiger partial charge in [0.2, 0.25) is 5.91 Å². The van der Waals surface area contributed by atoms with E-state index in [1.54, 1.807) is 6.26 Å². The van der Waals surface area contributed by atoms with Crippen molar-refractivity contribution in [3.63, 3.8) is 0 Å². The number of benzene rings is 2. The van der Waals surface area contributed by atoms with Gasteiger partial charge >= 0.3 is 0 Å². The van der Waals surface area contributed by atoms with Gasteiger partial charge in [0.1, 0.15) is 5.76 Å². The fourth-order valence-electron chi connectivity index (χ4n) is 4.03. The molecule has 1 atom stereocenters. The quantitative estimate of drug-likeness (QED) is 0.602. The minimum atomic E-state index is -0.139. The molecular formula is C25H29N3O2. The lowest BCUT2D eigenvalue weighted by molar-refractivity contribution is -0.121. The van der Waals surface area contributed by atoms with Gasteiger partial charge in [-0.3, -0.25) is 15.0 Å². The van der Waals surface area contributed by atoms with Crippen molar-refractivity contribution in [2.24, 2.45) is 0 Å². The predicted molar refractivity (Wildman–Crippen MR) is 118 cm³/mol. The maximum Gasteiger partial charge on any atom is 0.234 e. The molecule has 2 aromatic carbocycles. The molecule has 0 radical (unpaired) electrons. The molecule has 156 valence electrons. The predicted octanol–water partition coefficient (Wildman–Crippen LogP) is 3.74.